The molecular formula is C34H26N10O2. The maximum Gasteiger partial charge on any atom is 0.269 e. The van der Waals surface area contributed by atoms with Crippen molar-refractivity contribution in [2.45, 2.75) is 6.92 Å². The zero-order valence-corrected chi connectivity index (χ0v) is 24.5. The number of hydrogen-bond acceptors (Lipinski definition) is 8. The van der Waals surface area contributed by atoms with E-state index in [1.54, 1.807) is 59.5 Å². The molecule has 0 aliphatic heterocycles. The lowest BCUT2D eigenvalue weighted by molar-refractivity contribution is 0.0993. The number of carbonyl (C=O) groups excluding carboxylic acids is 2. The van der Waals surface area contributed by atoms with Gasteiger partial charge in [0.2, 0.25) is 0 Å². The highest BCUT2D eigenvalue weighted by atomic mass is 16.2. The minimum Gasteiger partial charge on any atom is -0.383 e. The predicted octanol–water partition coefficient (Wildman–Crippen LogP) is 4.97. The first kappa shape index (κ1) is 28.1. The molecule has 0 spiro atoms. The molecule has 5 heterocycles. The number of aromatic nitrogens is 7. The van der Waals surface area contributed by atoms with Crippen LogP contribution in [0.25, 0.3) is 45.2 Å². The summed E-state index contributed by atoms with van der Waals surface area (Å²) in [5.41, 5.74) is 18.0. The second kappa shape index (κ2) is 11.4. The number of imidazole rings is 1. The summed E-state index contributed by atoms with van der Waals surface area (Å²) in [5.74, 6) is 0.307. The maximum atomic E-state index is 13.1. The van der Waals surface area contributed by atoms with Crippen molar-refractivity contribution in [3.8, 4) is 34.0 Å². The number of anilines is 2. The van der Waals surface area contributed by atoms with Gasteiger partial charge in [-0.15, -0.1) is 0 Å². The third-order valence-corrected chi connectivity index (χ3v) is 7.42. The molecule has 12 nitrogen and oxygen atoms in total. The monoisotopic (exact) mass is 606 g/mol. The van der Waals surface area contributed by atoms with Crippen molar-refractivity contribution in [2.24, 2.45) is 5.73 Å². The van der Waals surface area contributed by atoms with E-state index in [1.165, 1.54) is 0 Å². The van der Waals surface area contributed by atoms with E-state index < -0.39 is 5.91 Å². The fourth-order valence-corrected chi connectivity index (χ4v) is 5.15. The molecule has 12 heteroatoms. The van der Waals surface area contributed by atoms with Crippen molar-refractivity contribution >= 4 is 34.6 Å². The lowest BCUT2D eigenvalue weighted by atomic mass is 10.1. The Morgan fingerprint density at radius 2 is 1.61 bits per heavy atom. The quantitative estimate of drug-likeness (QED) is 0.228. The standard InChI is InChI=1S/C34H26N10O2/c1-20-18-28(31(36)45)42-44(20)23-11-9-22(10-12-23)34(46)41-29-16-13-24(19-38-29)43-32(25-8-5-17-37-30(25)35)40-27-15-14-26(39-33(27)43)21-6-3-2-4-7-21/h2-19H,1H3,(H2,35,37)(H2,36,45)(H,38,41,46). The minimum absolute atomic E-state index is 0.168. The van der Waals surface area contributed by atoms with E-state index in [0.717, 1.165) is 17.0 Å². The molecule has 0 fully saturated rings. The molecule has 46 heavy (non-hydrogen) atoms. The summed E-state index contributed by atoms with van der Waals surface area (Å²) < 4.78 is 3.47. The van der Waals surface area contributed by atoms with Gasteiger partial charge in [0.1, 0.15) is 17.2 Å². The lowest BCUT2D eigenvalue weighted by Crippen LogP contribution is -2.14. The Hall–Kier alpha value is -6.69. The van der Waals surface area contributed by atoms with E-state index in [0.29, 0.717) is 51.1 Å². The van der Waals surface area contributed by atoms with Crippen LogP contribution in [0.2, 0.25) is 0 Å². The number of fused-ring (bicyclic) bond motifs is 1. The first-order chi connectivity index (χ1) is 22.4. The largest absolute Gasteiger partial charge is 0.383 e. The molecule has 2 aromatic carbocycles. The van der Waals surface area contributed by atoms with Gasteiger partial charge in [0.05, 0.1) is 28.8 Å². The van der Waals surface area contributed by atoms with Crippen LogP contribution in [-0.4, -0.2) is 46.1 Å². The number of benzene rings is 2. The number of carbonyl (C=O) groups is 2. The number of pyridine rings is 3. The molecule has 0 atom stereocenters. The number of amides is 2. The summed E-state index contributed by atoms with van der Waals surface area (Å²) in [5, 5.41) is 7.07. The van der Waals surface area contributed by atoms with Crippen molar-refractivity contribution in [3.05, 3.63) is 126 Å². The summed E-state index contributed by atoms with van der Waals surface area (Å²) >= 11 is 0. The van der Waals surface area contributed by atoms with Crippen LogP contribution < -0.4 is 16.8 Å². The Morgan fingerprint density at radius 3 is 2.30 bits per heavy atom. The first-order valence-electron chi connectivity index (χ1n) is 14.3. The predicted molar refractivity (Wildman–Crippen MR) is 175 cm³/mol. The Morgan fingerprint density at radius 1 is 0.826 bits per heavy atom. The molecule has 0 saturated carbocycles. The molecule has 0 bridgehead atoms. The van der Waals surface area contributed by atoms with Crippen molar-refractivity contribution in [1.29, 1.82) is 0 Å². The van der Waals surface area contributed by atoms with E-state index in [1.807, 2.05) is 66.1 Å². The van der Waals surface area contributed by atoms with Gasteiger partial charge in [0, 0.05) is 23.0 Å². The molecule has 0 aliphatic rings. The maximum absolute atomic E-state index is 13.1. The van der Waals surface area contributed by atoms with Gasteiger partial charge in [-0.1, -0.05) is 30.3 Å². The zero-order valence-electron chi connectivity index (χ0n) is 24.5. The normalized spacial score (nSPS) is 11.1. The van der Waals surface area contributed by atoms with Gasteiger partial charge in [-0.3, -0.25) is 14.2 Å². The molecule has 2 amide bonds. The van der Waals surface area contributed by atoms with Gasteiger partial charge in [0.25, 0.3) is 11.8 Å². The highest BCUT2D eigenvalue weighted by Crippen LogP contribution is 2.31. The second-order valence-corrected chi connectivity index (χ2v) is 10.5. The SMILES string of the molecule is Cc1cc(C(N)=O)nn1-c1ccc(C(=O)Nc2ccc(-n3c(-c4cccnc4N)nc4ccc(-c5ccccc5)nc43)cn2)cc1. The topological polar surface area (TPSA) is 173 Å². The van der Waals surface area contributed by atoms with Crippen LogP contribution in [0.4, 0.5) is 11.6 Å². The van der Waals surface area contributed by atoms with E-state index in [4.69, 9.17) is 21.4 Å². The summed E-state index contributed by atoms with van der Waals surface area (Å²) in [6.07, 6.45) is 3.27. The van der Waals surface area contributed by atoms with Crippen molar-refractivity contribution in [2.75, 3.05) is 11.1 Å². The highest BCUT2D eigenvalue weighted by molar-refractivity contribution is 6.04. The number of primary amides is 1. The van der Waals surface area contributed by atoms with Gasteiger partial charge in [-0.25, -0.2) is 24.6 Å². The molecule has 0 unspecified atom stereocenters. The highest BCUT2D eigenvalue weighted by Gasteiger charge is 2.19. The Bertz CT molecular complexity index is 2240. The van der Waals surface area contributed by atoms with Gasteiger partial charge < -0.3 is 16.8 Å². The Kier molecular flexibility index (Phi) is 6.98. The van der Waals surface area contributed by atoms with Crippen LogP contribution in [0.5, 0.6) is 0 Å². The molecule has 7 aromatic rings. The van der Waals surface area contributed by atoms with E-state index in [-0.39, 0.29) is 11.6 Å². The molecule has 7 rings (SSSR count). The number of hydrogen-bond donors (Lipinski definition) is 3. The molecule has 5 N–H and O–H groups in total. The van der Waals surface area contributed by atoms with Crippen LogP contribution in [0, 0.1) is 6.92 Å². The molecule has 5 aromatic heterocycles. The third kappa shape index (κ3) is 5.19. The first-order valence-corrected chi connectivity index (χ1v) is 14.3. The third-order valence-electron chi connectivity index (χ3n) is 7.42. The average Bonchev–Trinajstić information content (AvgIpc) is 3.66. The molecule has 0 aliphatic carbocycles. The fraction of sp³-hybridized carbons (Fsp3) is 0.0294. The molecule has 224 valence electrons. The number of nitrogens with zero attached hydrogens (tertiary/aromatic N) is 7. The van der Waals surface area contributed by atoms with Crippen molar-refractivity contribution < 1.29 is 9.59 Å². The van der Waals surface area contributed by atoms with Crippen LogP contribution in [0.1, 0.15) is 26.5 Å². The van der Waals surface area contributed by atoms with Crippen LogP contribution in [0.15, 0.2) is 109 Å². The molecule has 0 saturated heterocycles. The smallest absolute Gasteiger partial charge is 0.269 e. The van der Waals surface area contributed by atoms with Crippen molar-refractivity contribution in [3.63, 3.8) is 0 Å². The number of aryl methyl sites for hydroxylation is 1. The number of nitrogens with one attached hydrogen (secondary N) is 1. The van der Waals surface area contributed by atoms with Crippen LogP contribution in [-0.2, 0) is 0 Å². The van der Waals surface area contributed by atoms with E-state index in [9.17, 15) is 9.59 Å². The Balaban J connectivity index is 1.19. The van der Waals surface area contributed by atoms with Gasteiger partial charge in [-0.2, -0.15) is 5.10 Å². The molecule has 0 radical (unpaired) electrons. The summed E-state index contributed by atoms with van der Waals surface area (Å²) in [6, 6.07) is 29.4. The summed E-state index contributed by atoms with van der Waals surface area (Å²) in [6.45, 7) is 1.81. The van der Waals surface area contributed by atoms with E-state index >= 15 is 0 Å². The van der Waals surface area contributed by atoms with Crippen LogP contribution >= 0.6 is 0 Å². The number of rotatable bonds is 7. The van der Waals surface area contributed by atoms with Gasteiger partial charge in [0.15, 0.2) is 17.2 Å². The van der Waals surface area contributed by atoms with Crippen molar-refractivity contribution in [1.82, 2.24) is 34.3 Å². The minimum atomic E-state index is -0.608. The second-order valence-electron chi connectivity index (χ2n) is 10.5. The average molecular weight is 607 g/mol. The van der Waals surface area contributed by atoms with Gasteiger partial charge in [-0.05, 0) is 73.7 Å². The molecular weight excluding hydrogens is 580 g/mol. The van der Waals surface area contributed by atoms with Crippen LogP contribution in [0.3, 0.4) is 0 Å². The summed E-state index contributed by atoms with van der Waals surface area (Å²) in [7, 11) is 0. The van der Waals surface area contributed by atoms with Gasteiger partial charge >= 0.3 is 0 Å². The lowest BCUT2D eigenvalue weighted by Gasteiger charge is -2.11. The zero-order chi connectivity index (χ0) is 31.8. The van der Waals surface area contributed by atoms with E-state index in [2.05, 4.69) is 20.4 Å². The number of nitrogen functional groups attached to an aromatic ring is 1. The number of nitrogens with two attached hydrogens (primary N) is 2. The Labute approximate surface area is 262 Å². The fourth-order valence-electron chi connectivity index (χ4n) is 5.15. The summed E-state index contributed by atoms with van der Waals surface area (Å²) in [4.78, 5) is 43.2.